The van der Waals surface area contributed by atoms with Gasteiger partial charge in [0.2, 0.25) is 0 Å². The van der Waals surface area contributed by atoms with Crippen molar-refractivity contribution in [2.24, 2.45) is 5.41 Å². The average molecular weight is 275 g/mol. The first kappa shape index (κ1) is 15.4. The van der Waals surface area contributed by atoms with Crippen LogP contribution >= 0.6 is 0 Å². The number of nitrogens with one attached hydrogen (secondary N) is 1. The van der Waals surface area contributed by atoms with Gasteiger partial charge in [0.25, 0.3) is 0 Å². The lowest BCUT2D eigenvalue weighted by atomic mass is 9.85. The molecule has 0 unspecified atom stereocenters. The summed E-state index contributed by atoms with van der Waals surface area (Å²) in [5.74, 6) is 1.10. The van der Waals surface area contributed by atoms with Gasteiger partial charge in [0, 0.05) is 12.6 Å². The van der Waals surface area contributed by atoms with Gasteiger partial charge in [-0.15, -0.1) is 0 Å². The molecule has 2 rings (SSSR count). The van der Waals surface area contributed by atoms with Crippen LogP contribution in [0.1, 0.15) is 51.7 Å². The van der Waals surface area contributed by atoms with E-state index < -0.39 is 0 Å². The quantitative estimate of drug-likeness (QED) is 0.848. The summed E-state index contributed by atoms with van der Waals surface area (Å²) < 4.78 is 5.68. The Morgan fingerprint density at radius 1 is 1.30 bits per heavy atom. The van der Waals surface area contributed by atoms with Gasteiger partial charge in [-0.05, 0) is 48.3 Å². The molecule has 112 valence electrons. The van der Waals surface area contributed by atoms with Gasteiger partial charge in [-0.1, -0.05) is 39.8 Å². The zero-order valence-corrected chi connectivity index (χ0v) is 13.5. The number of hydrogen-bond donors (Lipinski definition) is 1. The number of fused-ring (bicyclic) bond motifs is 1. The van der Waals surface area contributed by atoms with Gasteiger partial charge in [0.15, 0.2) is 0 Å². The number of benzene rings is 1. The first-order chi connectivity index (χ1) is 9.46. The monoisotopic (exact) mass is 275 g/mol. The second kappa shape index (κ2) is 6.62. The van der Waals surface area contributed by atoms with E-state index in [0.717, 1.165) is 31.7 Å². The lowest BCUT2D eigenvalue weighted by molar-refractivity contribution is 0.287. The summed E-state index contributed by atoms with van der Waals surface area (Å²) in [6.07, 6.45) is 4.69. The van der Waals surface area contributed by atoms with Gasteiger partial charge in [-0.2, -0.15) is 0 Å². The predicted octanol–water partition coefficient (Wildman–Crippen LogP) is 3.97. The van der Waals surface area contributed by atoms with Crippen molar-refractivity contribution in [1.29, 1.82) is 0 Å². The van der Waals surface area contributed by atoms with E-state index >= 15 is 0 Å². The summed E-state index contributed by atoms with van der Waals surface area (Å²) >= 11 is 0. The molecule has 0 saturated carbocycles. The molecule has 0 aromatic heterocycles. The second-order valence-electron chi connectivity index (χ2n) is 7.09. The molecule has 20 heavy (non-hydrogen) atoms. The topological polar surface area (TPSA) is 21.3 Å². The summed E-state index contributed by atoms with van der Waals surface area (Å²) in [5, 5.41) is 3.55. The highest BCUT2D eigenvalue weighted by atomic mass is 16.5. The first-order valence-corrected chi connectivity index (χ1v) is 7.94. The van der Waals surface area contributed by atoms with Crippen molar-refractivity contribution >= 4 is 0 Å². The van der Waals surface area contributed by atoms with Crippen molar-refractivity contribution in [3.63, 3.8) is 0 Å². The van der Waals surface area contributed by atoms with Gasteiger partial charge in [-0.25, -0.2) is 0 Å². The van der Waals surface area contributed by atoms with Gasteiger partial charge >= 0.3 is 0 Å². The minimum atomic E-state index is 0.344. The van der Waals surface area contributed by atoms with E-state index in [1.54, 1.807) is 0 Å². The molecule has 0 saturated heterocycles. The Morgan fingerprint density at radius 3 is 2.85 bits per heavy atom. The summed E-state index contributed by atoms with van der Waals surface area (Å²) in [7, 11) is 0. The predicted molar refractivity (Wildman–Crippen MR) is 85.5 cm³/mol. The van der Waals surface area contributed by atoms with Crippen LogP contribution < -0.4 is 10.1 Å². The van der Waals surface area contributed by atoms with Crippen LogP contribution in [-0.2, 0) is 12.8 Å². The van der Waals surface area contributed by atoms with Crippen LogP contribution in [0.5, 0.6) is 5.75 Å². The normalized spacial score (nSPS) is 15.1. The molecule has 1 aliphatic rings. The second-order valence-corrected chi connectivity index (χ2v) is 7.09. The van der Waals surface area contributed by atoms with E-state index in [-0.39, 0.29) is 0 Å². The van der Waals surface area contributed by atoms with Crippen molar-refractivity contribution in [2.75, 3.05) is 13.2 Å². The molecule has 1 N–H and O–H groups in total. The minimum absolute atomic E-state index is 0.344. The van der Waals surface area contributed by atoms with E-state index in [4.69, 9.17) is 4.74 Å². The molecule has 2 heteroatoms. The maximum atomic E-state index is 5.68. The van der Waals surface area contributed by atoms with Crippen LogP contribution in [0, 0.1) is 5.41 Å². The van der Waals surface area contributed by atoms with Crippen LogP contribution in [0.3, 0.4) is 0 Å². The lowest BCUT2D eigenvalue weighted by Gasteiger charge is -2.26. The van der Waals surface area contributed by atoms with Crippen LogP contribution in [0.15, 0.2) is 18.2 Å². The third kappa shape index (κ3) is 4.52. The Bertz CT molecular complexity index is 437. The Kier molecular flexibility index (Phi) is 5.09. The molecular weight excluding hydrogens is 246 g/mol. The molecule has 0 bridgehead atoms. The molecular formula is C18H29NO. The standard InChI is InChI=1S/C18H29NO/c1-14(2)19-13-18(3,4)10-9-15-7-8-17-16(12-15)6-5-11-20-17/h7-8,12,14,19H,5-6,9-11,13H2,1-4H3. The zero-order chi connectivity index (χ0) is 14.6. The largest absolute Gasteiger partial charge is 0.493 e. The molecule has 0 radical (unpaired) electrons. The SMILES string of the molecule is CC(C)NCC(C)(C)CCc1ccc2c(c1)CCCO2. The van der Waals surface area contributed by atoms with Crippen LogP contribution in [0.25, 0.3) is 0 Å². The molecule has 2 nitrogen and oxygen atoms in total. The van der Waals surface area contributed by atoms with Gasteiger partial charge in [0.05, 0.1) is 6.61 Å². The van der Waals surface area contributed by atoms with Crippen molar-refractivity contribution in [3.8, 4) is 5.75 Å². The number of hydrogen-bond acceptors (Lipinski definition) is 2. The van der Waals surface area contributed by atoms with Gasteiger partial charge in [-0.3, -0.25) is 0 Å². The van der Waals surface area contributed by atoms with Crippen molar-refractivity contribution < 1.29 is 4.74 Å². The number of ether oxygens (including phenoxy) is 1. The molecule has 0 aliphatic carbocycles. The fourth-order valence-electron chi connectivity index (χ4n) is 2.62. The zero-order valence-electron chi connectivity index (χ0n) is 13.5. The summed E-state index contributed by atoms with van der Waals surface area (Å²) in [4.78, 5) is 0. The molecule has 1 aromatic carbocycles. The van der Waals surface area contributed by atoms with Gasteiger partial charge in [0.1, 0.15) is 5.75 Å². The molecule has 0 amide bonds. The van der Waals surface area contributed by atoms with E-state index in [1.165, 1.54) is 24.0 Å². The van der Waals surface area contributed by atoms with E-state index in [0.29, 0.717) is 11.5 Å². The highest BCUT2D eigenvalue weighted by Crippen LogP contribution is 2.28. The van der Waals surface area contributed by atoms with Crippen molar-refractivity contribution in [2.45, 2.75) is 59.4 Å². The molecule has 0 atom stereocenters. The Morgan fingerprint density at radius 2 is 2.10 bits per heavy atom. The Balaban J connectivity index is 1.90. The average Bonchev–Trinajstić information content (AvgIpc) is 2.43. The molecule has 1 aromatic rings. The number of rotatable bonds is 6. The first-order valence-electron chi connectivity index (χ1n) is 7.94. The smallest absolute Gasteiger partial charge is 0.122 e. The maximum Gasteiger partial charge on any atom is 0.122 e. The maximum absolute atomic E-state index is 5.68. The van der Waals surface area contributed by atoms with Crippen LogP contribution in [0.4, 0.5) is 0 Å². The fourth-order valence-corrected chi connectivity index (χ4v) is 2.62. The molecule has 0 fully saturated rings. The van der Waals surface area contributed by atoms with Crippen molar-refractivity contribution in [3.05, 3.63) is 29.3 Å². The summed E-state index contributed by atoms with van der Waals surface area (Å²) in [5.41, 5.74) is 3.19. The Labute approximate surface area is 123 Å². The van der Waals surface area contributed by atoms with Crippen LogP contribution in [-0.4, -0.2) is 19.2 Å². The summed E-state index contributed by atoms with van der Waals surface area (Å²) in [6, 6.07) is 7.30. The van der Waals surface area contributed by atoms with Crippen LogP contribution in [0.2, 0.25) is 0 Å². The summed E-state index contributed by atoms with van der Waals surface area (Å²) in [6.45, 7) is 11.1. The lowest BCUT2D eigenvalue weighted by Crippen LogP contribution is -2.34. The highest BCUT2D eigenvalue weighted by molar-refractivity contribution is 5.38. The third-order valence-electron chi connectivity index (χ3n) is 4.05. The highest BCUT2D eigenvalue weighted by Gasteiger charge is 2.18. The third-order valence-corrected chi connectivity index (χ3v) is 4.05. The molecule has 1 heterocycles. The Hall–Kier alpha value is -1.02. The molecule has 1 aliphatic heterocycles. The van der Waals surface area contributed by atoms with Gasteiger partial charge < -0.3 is 10.1 Å². The van der Waals surface area contributed by atoms with Crippen molar-refractivity contribution in [1.82, 2.24) is 5.32 Å². The minimum Gasteiger partial charge on any atom is -0.493 e. The van der Waals surface area contributed by atoms with E-state index in [2.05, 4.69) is 51.2 Å². The van der Waals surface area contributed by atoms with E-state index in [9.17, 15) is 0 Å². The fraction of sp³-hybridized carbons (Fsp3) is 0.667. The van der Waals surface area contributed by atoms with E-state index in [1.807, 2.05) is 0 Å². The molecule has 0 spiro atoms. The number of aryl methyl sites for hydroxylation is 2.